The number of nitrogens with zero attached hydrogens (tertiary/aromatic N) is 10. The summed E-state index contributed by atoms with van der Waals surface area (Å²) in [5.74, 6) is 0.755. The smallest absolute Gasteiger partial charge is 0.368 e. The van der Waals surface area contributed by atoms with Gasteiger partial charge in [0.15, 0.2) is 0 Å². The van der Waals surface area contributed by atoms with Gasteiger partial charge >= 0.3 is 23.8 Å². The largest absolute Gasteiger partial charge is 0.434 e. The average Bonchev–Trinajstić information content (AvgIpc) is 2.65. The van der Waals surface area contributed by atoms with E-state index in [4.69, 9.17) is 45.9 Å². The molecular formula is C12H20N22+2. The molecule has 22 nitrogen and oxygen atoms in total. The molecule has 0 radical (unpaired) electrons. The van der Waals surface area contributed by atoms with Crippen LogP contribution >= 0.6 is 0 Å². The van der Waals surface area contributed by atoms with Gasteiger partial charge in [-0.3, -0.25) is 11.1 Å². The van der Waals surface area contributed by atoms with E-state index in [2.05, 4.69) is 70.4 Å². The Morgan fingerprint density at radius 2 is 0.676 bits per heavy atom. The molecule has 0 saturated heterocycles. The van der Waals surface area contributed by atoms with Crippen LogP contribution in [0.4, 0.5) is 71.4 Å². The highest BCUT2D eigenvalue weighted by molar-refractivity contribution is 5.49. The first kappa shape index (κ1) is 22.7. The Bertz CT molecular complexity index is 1020. The van der Waals surface area contributed by atoms with Crippen molar-refractivity contribution in [1.29, 1.82) is 0 Å². The molecule has 0 aliphatic rings. The highest BCUT2D eigenvalue weighted by atomic mass is 15.3. The van der Waals surface area contributed by atoms with Gasteiger partial charge in [-0.1, -0.05) is 0 Å². The van der Waals surface area contributed by atoms with E-state index in [0.29, 0.717) is 5.95 Å². The van der Waals surface area contributed by atoms with E-state index in [1.165, 1.54) is 0 Å². The van der Waals surface area contributed by atoms with Crippen LogP contribution in [0.2, 0.25) is 0 Å². The molecule has 0 unspecified atom stereocenters. The molecule has 4 rings (SSSR count). The Kier molecular flexibility index (Phi) is 6.32. The van der Waals surface area contributed by atoms with E-state index in [1.807, 2.05) is 0 Å². The van der Waals surface area contributed by atoms with Gasteiger partial charge in [0.1, 0.15) is 0 Å². The van der Waals surface area contributed by atoms with Gasteiger partial charge in [-0.25, -0.2) is 0 Å². The Balaban J connectivity index is 0.000000191. The fourth-order valence-corrected chi connectivity index (χ4v) is 2.14. The van der Waals surface area contributed by atoms with Crippen molar-refractivity contribution < 1.29 is 9.97 Å². The van der Waals surface area contributed by atoms with Crippen LogP contribution in [0, 0.1) is 0 Å². The number of H-pyrrole nitrogens is 2. The number of hydrogen-bond acceptors (Lipinski definition) is 20. The van der Waals surface area contributed by atoms with Crippen LogP contribution < -0.4 is 66.5 Å². The van der Waals surface area contributed by atoms with Crippen molar-refractivity contribution in [2.24, 2.45) is 0 Å². The van der Waals surface area contributed by atoms with E-state index in [0.717, 1.165) is 0 Å². The van der Waals surface area contributed by atoms with Crippen molar-refractivity contribution >= 4 is 71.4 Å². The molecule has 0 spiro atoms. The molecule has 0 aliphatic carbocycles. The third kappa shape index (κ3) is 6.52. The molecule has 20 N–H and O–H groups in total. The van der Waals surface area contributed by atoms with Crippen LogP contribution in [0.3, 0.4) is 0 Å². The lowest BCUT2D eigenvalue weighted by atomic mass is 10.7. The molecular weight excluding hydrogens is 452 g/mol. The van der Waals surface area contributed by atoms with Crippen molar-refractivity contribution in [1.82, 2.24) is 49.8 Å². The fourth-order valence-electron chi connectivity index (χ4n) is 2.14. The number of nitrogens with one attached hydrogen (secondary N) is 4. The lowest BCUT2D eigenvalue weighted by Crippen LogP contribution is -2.30. The van der Waals surface area contributed by atoms with E-state index in [1.54, 1.807) is 0 Å². The first-order valence-corrected chi connectivity index (χ1v) is 8.78. The fraction of sp³-hybridized carbons (Fsp3) is 0. The Hall–Kier alpha value is -5.96. The molecule has 34 heavy (non-hydrogen) atoms. The maximum absolute atomic E-state index is 5.46. The van der Waals surface area contributed by atoms with Crippen LogP contribution in [0.25, 0.3) is 0 Å². The van der Waals surface area contributed by atoms with Crippen molar-refractivity contribution in [3.8, 4) is 0 Å². The molecule has 0 bridgehead atoms. The van der Waals surface area contributed by atoms with Crippen molar-refractivity contribution in [3.63, 3.8) is 0 Å². The molecule has 0 saturated carbocycles. The van der Waals surface area contributed by atoms with E-state index in [9.17, 15) is 0 Å². The number of aromatic amines is 2. The van der Waals surface area contributed by atoms with Gasteiger partial charge in [0, 0.05) is 4.98 Å². The summed E-state index contributed by atoms with van der Waals surface area (Å²) < 4.78 is 0. The number of anilines is 12. The Morgan fingerprint density at radius 3 is 1.00 bits per heavy atom. The highest BCUT2D eigenvalue weighted by Gasteiger charge is 2.15. The Labute approximate surface area is 188 Å². The van der Waals surface area contributed by atoms with Gasteiger partial charge in [0.05, 0.1) is 0 Å². The minimum atomic E-state index is -0.0324. The zero-order valence-corrected chi connectivity index (χ0v) is 17.1. The minimum absolute atomic E-state index is 0.00463. The van der Waals surface area contributed by atoms with Gasteiger partial charge in [-0.15, -0.1) is 0 Å². The average molecular weight is 472 g/mol. The number of rotatable bonds is 4. The topological polar surface area (TPSA) is 389 Å². The zero-order chi connectivity index (χ0) is 24.8. The SMILES string of the molecule is Nc1nc(N)nc(Nc2[nH+]c(N)nc(N)[nH+]2)n1.Nc1nc(N)nc(Nc2nc(N)nc(N)n2)n1. The summed E-state index contributed by atoms with van der Waals surface area (Å²) in [7, 11) is 0. The van der Waals surface area contributed by atoms with Crippen molar-refractivity contribution in [2.75, 3.05) is 56.5 Å². The maximum Gasteiger partial charge on any atom is 0.434 e. The third-order valence-corrected chi connectivity index (χ3v) is 3.22. The second kappa shape index (κ2) is 9.45. The number of aromatic nitrogens is 12. The number of nitrogens with two attached hydrogens (primary N) is 8. The van der Waals surface area contributed by atoms with E-state index in [-0.39, 0.29) is 65.4 Å². The molecule has 0 fully saturated rings. The second-order valence-electron chi connectivity index (χ2n) is 5.88. The number of nitrogen functional groups attached to an aromatic ring is 8. The summed E-state index contributed by atoms with van der Waals surface area (Å²) in [6, 6.07) is 0. The standard InChI is InChI=1S/2C6H9N11/c2*7-1-11-2(8)14-5(13-1)17-6-15-3(9)12-4(10)16-6/h2*(H9,7,8,9,10,11,12,13,14,15,16,17)/p+2. The highest BCUT2D eigenvalue weighted by Crippen LogP contribution is 2.11. The minimum Gasteiger partial charge on any atom is -0.368 e. The molecule has 0 aliphatic heterocycles. The maximum atomic E-state index is 5.46. The van der Waals surface area contributed by atoms with E-state index >= 15 is 0 Å². The van der Waals surface area contributed by atoms with Gasteiger partial charge in [0.2, 0.25) is 47.6 Å². The van der Waals surface area contributed by atoms with Gasteiger partial charge in [-0.2, -0.15) is 60.1 Å². The molecule has 4 aromatic heterocycles. The van der Waals surface area contributed by atoms with Crippen LogP contribution in [0.1, 0.15) is 0 Å². The molecule has 4 aromatic rings. The van der Waals surface area contributed by atoms with Crippen LogP contribution in [0.15, 0.2) is 0 Å². The van der Waals surface area contributed by atoms with Crippen LogP contribution in [0.5, 0.6) is 0 Å². The molecule has 4 heterocycles. The summed E-state index contributed by atoms with van der Waals surface area (Å²) in [4.78, 5) is 42.6. The first-order valence-electron chi connectivity index (χ1n) is 8.78. The van der Waals surface area contributed by atoms with Gasteiger partial charge in [0.25, 0.3) is 0 Å². The van der Waals surface area contributed by atoms with Crippen molar-refractivity contribution in [3.05, 3.63) is 0 Å². The summed E-state index contributed by atoms with van der Waals surface area (Å²) in [6.45, 7) is 0. The molecule has 0 atom stereocenters. The predicted molar refractivity (Wildman–Crippen MR) is 119 cm³/mol. The quantitative estimate of drug-likeness (QED) is 0.133. The van der Waals surface area contributed by atoms with Crippen molar-refractivity contribution in [2.45, 2.75) is 0 Å². The molecule has 176 valence electrons. The Morgan fingerprint density at radius 1 is 0.382 bits per heavy atom. The summed E-state index contributed by atoms with van der Waals surface area (Å²) in [6.07, 6.45) is 0. The normalized spacial score (nSPS) is 10.1. The number of hydrogen-bond donors (Lipinski definition) is 10. The van der Waals surface area contributed by atoms with Crippen LogP contribution in [-0.2, 0) is 0 Å². The molecule has 22 heteroatoms. The third-order valence-electron chi connectivity index (χ3n) is 3.22. The second-order valence-corrected chi connectivity index (χ2v) is 5.88. The summed E-state index contributed by atoms with van der Waals surface area (Å²) in [5, 5.41) is 5.36. The predicted octanol–water partition coefficient (Wildman–Crippen LogP) is -4.90. The molecule has 0 aromatic carbocycles. The molecule has 0 amide bonds. The first-order chi connectivity index (χ1) is 16.0. The summed E-state index contributed by atoms with van der Waals surface area (Å²) >= 11 is 0. The zero-order valence-electron chi connectivity index (χ0n) is 17.1. The lowest BCUT2D eigenvalue weighted by Gasteiger charge is -2.04. The van der Waals surface area contributed by atoms with Crippen LogP contribution in [-0.4, -0.2) is 49.8 Å². The monoisotopic (exact) mass is 472 g/mol. The summed E-state index contributed by atoms with van der Waals surface area (Å²) in [5.41, 5.74) is 43.3. The van der Waals surface area contributed by atoms with Gasteiger partial charge in [-0.05, 0) is 0 Å². The van der Waals surface area contributed by atoms with Gasteiger partial charge < -0.3 is 40.1 Å². The lowest BCUT2D eigenvalue weighted by molar-refractivity contribution is -0.490. The van der Waals surface area contributed by atoms with E-state index < -0.39 is 0 Å².